The summed E-state index contributed by atoms with van der Waals surface area (Å²) in [7, 11) is 4.18. The molecular formula is C32H33ClFN5O5. The lowest BCUT2D eigenvalue weighted by molar-refractivity contribution is -0.123. The number of benzene rings is 3. The Morgan fingerprint density at radius 1 is 1.05 bits per heavy atom. The fourth-order valence-electron chi connectivity index (χ4n) is 4.70. The number of amides is 2. The maximum Gasteiger partial charge on any atom is 0.330 e. The van der Waals surface area contributed by atoms with Gasteiger partial charge in [0.15, 0.2) is 0 Å². The molecule has 0 saturated carbocycles. The van der Waals surface area contributed by atoms with Gasteiger partial charge in [-0.3, -0.25) is 24.3 Å². The van der Waals surface area contributed by atoms with E-state index < -0.39 is 34.4 Å². The van der Waals surface area contributed by atoms with Crippen LogP contribution in [0.1, 0.15) is 35.3 Å². The number of anilines is 1. The third-order valence-electron chi connectivity index (χ3n) is 7.57. The molecule has 0 aliphatic rings. The number of halogens is 2. The number of ether oxygens (including phenoxy) is 1. The van der Waals surface area contributed by atoms with Crippen LogP contribution in [-0.2, 0) is 25.4 Å². The molecule has 0 aliphatic heterocycles. The molecule has 0 saturated heterocycles. The minimum absolute atomic E-state index is 0.00207. The molecule has 4 N–H and O–H groups in total. The van der Waals surface area contributed by atoms with Gasteiger partial charge in [0.05, 0.1) is 17.7 Å². The van der Waals surface area contributed by atoms with Crippen LogP contribution < -0.4 is 32.4 Å². The summed E-state index contributed by atoms with van der Waals surface area (Å²) < 4.78 is 22.9. The average molecular weight is 622 g/mol. The standard InChI is InChI=1S/C32H33ClFN5O5/c1-17-19(9-8-12-25(17)37-28(40)23-16-38(4)31(43)39(5)29(23)41)21-11-7-10-20(27(21)33)18-13-24(34)22(26(14-18)44-6)15-36-32(2,3)30(35)42/h7-14,16,36H,15H2,1-6H3,(H2,35,42)(H,37,40). The first-order valence-electron chi connectivity index (χ1n) is 13.6. The van der Waals surface area contributed by atoms with Gasteiger partial charge in [-0.25, -0.2) is 9.18 Å². The lowest BCUT2D eigenvalue weighted by Gasteiger charge is -2.23. The Morgan fingerprint density at radius 2 is 1.68 bits per heavy atom. The van der Waals surface area contributed by atoms with Gasteiger partial charge in [0.2, 0.25) is 5.91 Å². The SMILES string of the molecule is COc1cc(-c2cccc(-c3cccc(NC(=O)c4cn(C)c(=O)n(C)c4=O)c3C)c2Cl)cc(F)c1CNC(C)(C)C(N)=O. The minimum Gasteiger partial charge on any atom is -0.496 e. The summed E-state index contributed by atoms with van der Waals surface area (Å²) >= 11 is 6.93. The highest BCUT2D eigenvalue weighted by Gasteiger charge is 2.26. The molecule has 44 heavy (non-hydrogen) atoms. The summed E-state index contributed by atoms with van der Waals surface area (Å²) in [5, 5.41) is 6.06. The molecule has 0 bridgehead atoms. The molecule has 1 heterocycles. The van der Waals surface area contributed by atoms with Crippen LogP contribution in [0.4, 0.5) is 10.1 Å². The Labute approximate surface area is 258 Å². The van der Waals surface area contributed by atoms with Crippen molar-refractivity contribution in [3.8, 4) is 28.0 Å². The van der Waals surface area contributed by atoms with Crippen LogP contribution in [0.25, 0.3) is 22.3 Å². The maximum absolute atomic E-state index is 15.4. The quantitative estimate of drug-likeness (QED) is 0.257. The van der Waals surface area contributed by atoms with E-state index >= 15 is 4.39 Å². The number of carbonyl (C=O) groups excluding carboxylic acids is 2. The van der Waals surface area contributed by atoms with Gasteiger partial charge in [0.1, 0.15) is 17.1 Å². The van der Waals surface area contributed by atoms with Crippen molar-refractivity contribution in [2.45, 2.75) is 32.9 Å². The van der Waals surface area contributed by atoms with Crippen molar-refractivity contribution in [2.75, 3.05) is 12.4 Å². The number of carbonyl (C=O) groups is 2. The summed E-state index contributed by atoms with van der Waals surface area (Å²) in [4.78, 5) is 49.4. The normalized spacial score (nSPS) is 11.4. The second kappa shape index (κ2) is 12.5. The molecular weight excluding hydrogens is 589 g/mol. The molecule has 3 aromatic carbocycles. The Balaban J connectivity index is 1.71. The topological polar surface area (TPSA) is 137 Å². The predicted molar refractivity (Wildman–Crippen MR) is 169 cm³/mol. The second-order valence-corrected chi connectivity index (χ2v) is 11.3. The number of primary amides is 1. The van der Waals surface area contributed by atoms with E-state index in [0.717, 1.165) is 9.13 Å². The molecule has 4 aromatic rings. The van der Waals surface area contributed by atoms with Crippen molar-refractivity contribution in [3.63, 3.8) is 0 Å². The minimum atomic E-state index is -1.06. The van der Waals surface area contributed by atoms with Crippen molar-refractivity contribution >= 4 is 29.1 Å². The molecule has 0 aliphatic carbocycles. The summed E-state index contributed by atoms with van der Waals surface area (Å²) in [6.07, 6.45) is 1.20. The second-order valence-electron chi connectivity index (χ2n) is 10.9. The van der Waals surface area contributed by atoms with E-state index in [9.17, 15) is 19.2 Å². The van der Waals surface area contributed by atoms with Gasteiger partial charge >= 0.3 is 5.69 Å². The molecule has 0 fully saturated rings. The highest BCUT2D eigenvalue weighted by Crippen LogP contribution is 2.40. The number of nitrogens with zero attached hydrogens (tertiary/aromatic N) is 2. The Bertz CT molecular complexity index is 1910. The van der Waals surface area contributed by atoms with Crippen molar-refractivity contribution in [3.05, 3.63) is 103 Å². The molecule has 4 rings (SSSR count). The zero-order valence-electron chi connectivity index (χ0n) is 25.2. The van der Waals surface area contributed by atoms with E-state index in [1.165, 1.54) is 33.5 Å². The Kier molecular flexibility index (Phi) is 9.12. The highest BCUT2D eigenvalue weighted by atomic mass is 35.5. The third-order valence-corrected chi connectivity index (χ3v) is 7.98. The smallest absolute Gasteiger partial charge is 0.330 e. The molecule has 0 atom stereocenters. The lowest BCUT2D eigenvalue weighted by atomic mass is 9.94. The van der Waals surface area contributed by atoms with Crippen molar-refractivity contribution in [2.24, 2.45) is 19.8 Å². The summed E-state index contributed by atoms with van der Waals surface area (Å²) in [6.45, 7) is 5.01. The van der Waals surface area contributed by atoms with Crippen molar-refractivity contribution in [1.82, 2.24) is 14.5 Å². The van der Waals surface area contributed by atoms with Crippen LogP contribution in [0, 0.1) is 12.7 Å². The molecule has 12 heteroatoms. The number of hydrogen-bond donors (Lipinski definition) is 3. The van der Waals surface area contributed by atoms with Gasteiger partial charge in [-0.1, -0.05) is 41.9 Å². The number of nitrogens with two attached hydrogens (primary N) is 1. The zero-order valence-corrected chi connectivity index (χ0v) is 25.9. The monoisotopic (exact) mass is 621 g/mol. The number of nitrogens with one attached hydrogen (secondary N) is 2. The zero-order chi connectivity index (χ0) is 32.5. The molecule has 0 radical (unpaired) electrons. The van der Waals surface area contributed by atoms with E-state index in [0.29, 0.717) is 38.5 Å². The van der Waals surface area contributed by atoms with Gasteiger partial charge in [-0.05, 0) is 55.7 Å². The fraction of sp³-hybridized carbons (Fsp3) is 0.250. The van der Waals surface area contributed by atoms with Gasteiger partial charge in [-0.2, -0.15) is 0 Å². The molecule has 230 valence electrons. The summed E-state index contributed by atoms with van der Waals surface area (Å²) in [5.41, 5.74) is 6.60. The van der Waals surface area contributed by atoms with Crippen molar-refractivity contribution in [1.29, 1.82) is 0 Å². The number of rotatable bonds is 9. The van der Waals surface area contributed by atoms with Crippen LogP contribution >= 0.6 is 11.6 Å². The molecule has 0 unspecified atom stereocenters. The number of aromatic nitrogens is 2. The van der Waals surface area contributed by atoms with Gasteiger partial charge in [-0.15, -0.1) is 0 Å². The van der Waals surface area contributed by atoms with E-state index in [4.69, 9.17) is 22.1 Å². The van der Waals surface area contributed by atoms with E-state index in [2.05, 4.69) is 10.6 Å². The average Bonchev–Trinajstić information content (AvgIpc) is 2.98. The fourth-order valence-corrected chi connectivity index (χ4v) is 5.03. The summed E-state index contributed by atoms with van der Waals surface area (Å²) in [6, 6.07) is 13.6. The molecule has 10 nitrogen and oxygen atoms in total. The van der Waals surface area contributed by atoms with Gasteiger partial charge in [0, 0.05) is 49.2 Å². The van der Waals surface area contributed by atoms with Crippen LogP contribution in [0.15, 0.2) is 64.3 Å². The highest BCUT2D eigenvalue weighted by molar-refractivity contribution is 6.36. The Hall–Kier alpha value is -4.74. The molecule has 2 amide bonds. The third kappa shape index (κ3) is 6.15. The van der Waals surface area contributed by atoms with Crippen LogP contribution in [-0.4, -0.2) is 33.6 Å². The summed E-state index contributed by atoms with van der Waals surface area (Å²) in [5.74, 6) is -1.54. The number of aryl methyl sites for hydroxylation is 1. The largest absolute Gasteiger partial charge is 0.496 e. The maximum atomic E-state index is 15.4. The predicted octanol–water partition coefficient (Wildman–Crippen LogP) is 4.13. The van der Waals surface area contributed by atoms with Crippen LogP contribution in [0.5, 0.6) is 5.75 Å². The number of methoxy groups -OCH3 is 1. The lowest BCUT2D eigenvalue weighted by Crippen LogP contribution is -2.50. The first kappa shape index (κ1) is 32.2. The first-order chi connectivity index (χ1) is 20.7. The van der Waals surface area contributed by atoms with E-state index in [1.54, 1.807) is 57.2 Å². The van der Waals surface area contributed by atoms with Crippen LogP contribution in [0.2, 0.25) is 5.02 Å². The van der Waals surface area contributed by atoms with E-state index in [-0.39, 0.29) is 23.4 Å². The first-order valence-corrected chi connectivity index (χ1v) is 13.9. The number of hydrogen-bond acceptors (Lipinski definition) is 6. The Morgan fingerprint density at radius 3 is 2.34 bits per heavy atom. The molecule has 1 aromatic heterocycles. The van der Waals surface area contributed by atoms with Gasteiger partial charge < -0.3 is 20.4 Å². The van der Waals surface area contributed by atoms with E-state index in [1.807, 2.05) is 6.07 Å². The van der Waals surface area contributed by atoms with Gasteiger partial charge in [0.25, 0.3) is 11.5 Å². The van der Waals surface area contributed by atoms with Crippen LogP contribution in [0.3, 0.4) is 0 Å². The molecule has 0 spiro atoms. The van der Waals surface area contributed by atoms with Crippen molar-refractivity contribution < 1.29 is 18.7 Å².